The van der Waals surface area contributed by atoms with Gasteiger partial charge in [0.25, 0.3) is 0 Å². The van der Waals surface area contributed by atoms with Gasteiger partial charge in [-0.25, -0.2) is 0 Å². The van der Waals surface area contributed by atoms with Crippen molar-refractivity contribution in [2.45, 2.75) is 11.4 Å². The van der Waals surface area contributed by atoms with Crippen molar-refractivity contribution in [3.8, 4) is 0 Å². The standard InChI is InChI=1S/C16H15N3O2S/c1-22(21)15-9-5-3-7-13(15)18-16(20)11-19-14-8-4-2-6-12(14)10-17-19/h2-10H,11H2,1H3,(H,18,20)/t22-/m0/s1. The fourth-order valence-corrected chi connectivity index (χ4v) is 3.00. The van der Waals surface area contributed by atoms with Crippen LogP contribution in [0.15, 0.2) is 59.6 Å². The minimum Gasteiger partial charge on any atom is -0.323 e. The molecule has 112 valence electrons. The third-order valence-corrected chi connectivity index (χ3v) is 4.29. The molecule has 2 aromatic carbocycles. The molecule has 0 fully saturated rings. The molecule has 5 nitrogen and oxygen atoms in total. The predicted octanol–water partition coefficient (Wildman–Crippen LogP) is 2.41. The van der Waals surface area contributed by atoms with Gasteiger partial charge in [0.2, 0.25) is 5.91 Å². The second-order valence-corrected chi connectivity index (χ2v) is 6.21. The zero-order valence-corrected chi connectivity index (χ0v) is 12.8. The number of para-hydroxylation sites is 2. The summed E-state index contributed by atoms with van der Waals surface area (Å²) in [6, 6.07) is 14.8. The molecule has 0 bridgehead atoms. The van der Waals surface area contributed by atoms with Crippen LogP contribution >= 0.6 is 0 Å². The van der Waals surface area contributed by atoms with E-state index in [1.54, 1.807) is 41.4 Å². The quantitative estimate of drug-likeness (QED) is 0.804. The van der Waals surface area contributed by atoms with Crippen LogP contribution in [0.3, 0.4) is 0 Å². The average Bonchev–Trinajstić information content (AvgIpc) is 2.91. The number of hydrogen-bond donors (Lipinski definition) is 1. The molecule has 0 aliphatic heterocycles. The molecule has 1 amide bonds. The molecular formula is C16H15N3O2S. The summed E-state index contributed by atoms with van der Waals surface area (Å²) < 4.78 is 13.3. The Morgan fingerprint density at radius 1 is 1.18 bits per heavy atom. The van der Waals surface area contributed by atoms with Gasteiger partial charge in [0.05, 0.1) is 33.1 Å². The maximum Gasteiger partial charge on any atom is 0.246 e. The molecular weight excluding hydrogens is 298 g/mol. The fraction of sp³-hybridized carbons (Fsp3) is 0.125. The number of carbonyl (C=O) groups excluding carboxylic acids is 1. The third kappa shape index (κ3) is 2.92. The van der Waals surface area contributed by atoms with Gasteiger partial charge in [-0.3, -0.25) is 13.7 Å². The van der Waals surface area contributed by atoms with Crippen molar-refractivity contribution in [1.29, 1.82) is 0 Å². The molecule has 1 N–H and O–H groups in total. The molecule has 0 radical (unpaired) electrons. The second kappa shape index (κ2) is 6.11. The van der Waals surface area contributed by atoms with Crippen LogP contribution in [0.4, 0.5) is 5.69 Å². The van der Waals surface area contributed by atoms with Crippen LogP contribution < -0.4 is 5.32 Å². The molecule has 3 aromatic rings. The SMILES string of the molecule is C[S@](=O)c1ccccc1NC(=O)Cn1ncc2ccccc21. The lowest BCUT2D eigenvalue weighted by Crippen LogP contribution is -2.20. The molecule has 6 heteroatoms. The van der Waals surface area contributed by atoms with Crippen LogP contribution in [0.5, 0.6) is 0 Å². The first-order valence-corrected chi connectivity index (χ1v) is 8.34. The first-order chi connectivity index (χ1) is 10.6. The zero-order valence-electron chi connectivity index (χ0n) is 12.0. The van der Waals surface area contributed by atoms with Crippen LogP contribution in [-0.2, 0) is 22.1 Å². The molecule has 0 aliphatic carbocycles. The first-order valence-electron chi connectivity index (χ1n) is 6.78. The van der Waals surface area contributed by atoms with E-state index in [2.05, 4.69) is 10.4 Å². The predicted molar refractivity (Wildman–Crippen MR) is 87.1 cm³/mol. The minimum atomic E-state index is -1.16. The summed E-state index contributed by atoms with van der Waals surface area (Å²) in [5, 5.41) is 8.02. The maximum absolute atomic E-state index is 12.2. The van der Waals surface area contributed by atoms with Crippen molar-refractivity contribution < 1.29 is 9.00 Å². The van der Waals surface area contributed by atoms with Crippen molar-refractivity contribution in [1.82, 2.24) is 9.78 Å². The fourth-order valence-electron chi connectivity index (χ4n) is 2.30. The van der Waals surface area contributed by atoms with Gasteiger partial charge >= 0.3 is 0 Å². The molecule has 0 aliphatic rings. The Morgan fingerprint density at radius 3 is 2.73 bits per heavy atom. The van der Waals surface area contributed by atoms with Gasteiger partial charge in [-0.05, 0) is 18.2 Å². The van der Waals surface area contributed by atoms with E-state index >= 15 is 0 Å². The van der Waals surface area contributed by atoms with Gasteiger partial charge in [0.1, 0.15) is 6.54 Å². The van der Waals surface area contributed by atoms with E-state index in [4.69, 9.17) is 0 Å². The largest absolute Gasteiger partial charge is 0.323 e. The van der Waals surface area contributed by atoms with Crippen LogP contribution in [0, 0.1) is 0 Å². The van der Waals surface area contributed by atoms with Crippen LogP contribution in [0.2, 0.25) is 0 Å². The zero-order chi connectivity index (χ0) is 15.5. The van der Waals surface area contributed by atoms with E-state index in [0.29, 0.717) is 10.6 Å². The number of fused-ring (bicyclic) bond motifs is 1. The van der Waals surface area contributed by atoms with E-state index in [9.17, 15) is 9.00 Å². The molecule has 0 spiro atoms. The number of aromatic nitrogens is 2. The van der Waals surface area contributed by atoms with Gasteiger partial charge in [0, 0.05) is 11.6 Å². The summed E-state index contributed by atoms with van der Waals surface area (Å²) >= 11 is 0. The maximum atomic E-state index is 12.2. The van der Waals surface area contributed by atoms with Crippen LogP contribution in [0.1, 0.15) is 0 Å². The lowest BCUT2D eigenvalue weighted by molar-refractivity contribution is -0.116. The van der Waals surface area contributed by atoms with Crippen molar-refractivity contribution in [3.05, 3.63) is 54.7 Å². The van der Waals surface area contributed by atoms with Crippen molar-refractivity contribution in [2.24, 2.45) is 0 Å². The molecule has 1 atom stereocenters. The average molecular weight is 313 g/mol. The van der Waals surface area contributed by atoms with Gasteiger partial charge < -0.3 is 5.32 Å². The second-order valence-electron chi connectivity index (χ2n) is 4.86. The van der Waals surface area contributed by atoms with Crippen LogP contribution in [-0.4, -0.2) is 26.2 Å². The summed E-state index contributed by atoms with van der Waals surface area (Å²) in [7, 11) is -1.16. The van der Waals surface area contributed by atoms with Gasteiger partial charge in [-0.2, -0.15) is 5.10 Å². The number of anilines is 1. The van der Waals surface area contributed by atoms with E-state index in [0.717, 1.165) is 10.9 Å². The Bertz CT molecular complexity index is 857. The van der Waals surface area contributed by atoms with Crippen molar-refractivity contribution in [3.63, 3.8) is 0 Å². The van der Waals surface area contributed by atoms with E-state index in [1.165, 1.54) is 0 Å². The van der Waals surface area contributed by atoms with Gasteiger partial charge in [-0.15, -0.1) is 0 Å². The molecule has 0 saturated carbocycles. The lowest BCUT2D eigenvalue weighted by Gasteiger charge is -2.09. The molecule has 1 heterocycles. The first kappa shape index (κ1) is 14.5. The normalized spacial score (nSPS) is 12.2. The Hall–Kier alpha value is -2.47. The number of hydrogen-bond acceptors (Lipinski definition) is 3. The number of nitrogens with one attached hydrogen (secondary N) is 1. The van der Waals surface area contributed by atoms with E-state index in [1.807, 2.05) is 24.3 Å². The monoisotopic (exact) mass is 313 g/mol. The third-order valence-electron chi connectivity index (χ3n) is 3.32. The summed E-state index contributed by atoms with van der Waals surface area (Å²) in [4.78, 5) is 12.8. The highest BCUT2D eigenvalue weighted by Crippen LogP contribution is 2.18. The Balaban J connectivity index is 1.80. The number of rotatable bonds is 4. The van der Waals surface area contributed by atoms with Gasteiger partial charge in [0.15, 0.2) is 0 Å². The molecule has 3 rings (SSSR count). The number of amides is 1. The Labute approximate surface area is 130 Å². The van der Waals surface area contributed by atoms with E-state index < -0.39 is 10.8 Å². The highest BCUT2D eigenvalue weighted by Gasteiger charge is 2.11. The van der Waals surface area contributed by atoms with Crippen LogP contribution in [0.25, 0.3) is 10.9 Å². The molecule has 0 saturated heterocycles. The smallest absolute Gasteiger partial charge is 0.246 e. The molecule has 1 aromatic heterocycles. The highest BCUT2D eigenvalue weighted by molar-refractivity contribution is 7.84. The van der Waals surface area contributed by atoms with Crippen molar-refractivity contribution >= 4 is 33.3 Å². The molecule has 0 unspecified atom stereocenters. The summed E-state index contributed by atoms with van der Waals surface area (Å²) in [6.07, 6.45) is 3.32. The lowest BCUT2D eigenvalue weighted by atomic mass is 10.2. The Morgan fingerprint density at radius 2 is 1.91 bits per heavy atom. The minimum absolute atomic E-state index is 0.109. The topological polar surface area (TPSA) is 64.0 Å². The highest BCUT2D eigenvalue weighted by atomic mass is 32.2. The number of nitrogens with zero attached hydrogens (tertiary/aromatic N) is 2. The molecule has 22 heavy (non-hydrogen) atoms. The van der Waals surface area contributed by atoms with Gasteiger partial charge in [-0.1, -0.05) is 30.3 Å². The summed E-state index contributed by atoms with van der Waals surface area (Å²) in [5.74, 6) is -0.202. The summed E-state index contributed by atoms with van der Waals surface area (Å²) in [6.45, 7) is 0.109. The number of benzene rings is 2. The Kier molecular flexibility index (Phi) is 4.02. The summed E-state index contributed by atoms with van der Waals surface area (Å²) in [5.41, 5.74) is 1.48. The van der Waals surface area contributed by atoms with E-state index in [-0.39, 0.29) is 12.5 Å². The number of carbonyl (C=O) groups is 1. The van der Waals surface area contributed by atoms with Crippen molar-refractivity contribution in [2.75, 3.05) is 11.6 Å².